The molecule has 1 aromatic carbocycles. The van der Waals surface area contributed by atoms with Crippen LogP contribution in [-0.2, 0) is 11.3 Å². The van der Waals surface area contributed by atoms with Crippen molar-refractivity contribution in [3.05, 3.63) is 24.3 Å². The van der Waals surface area contributed by atoms with Crippen molar-refractivity contribution in [2.24, 2.45) is 5.92 Å². The highest BCUT2D eigenvalue weighted by molar-refractivity contribution is 5.96. The molecule has 2 N–H and O–H groups in total. The second-order valence-corrected chi connectivity index (χ2v) is 7.19. The molecule has 3 amide bonds. The molecule has 2 aromatic rings. The van der Waals surface area contributed by atoms with Crippen LogP contribution in [0, 0.1) is 5.92 Å². The molecular weight excluding hydrogens is 330 g/mol. The van der Waals surface area contributed by atoms with Gasteiger partial charge >= 0.3 is 6.03 Å². The molecule has 1 aliphatic heterocycles. The smallest absolute Gasteiger partial charge is 0.324 e. The second-order valence-electron chi connectivity index (χ2n) is 7.19. The van der Waals surface area contributed by atoms with Crippen LogP contribution < -0.4 is 15.5 Å². The molecule has 0 spiro atoms. The number of imidazole rings is 1. The Morgan fingerprint density at radius 1 is 1.15 bits per heavy atom. The van der Waals surface area contributed by atoms with Crippen molar-refractivity contribution in [1.29, 1.82) is 0 Å². The van der Waals surface area contributed by atoms with Gasteiger partial charge in [-0.25, -0.2) is 9.78 Å². The number of urea groups is 1. The molecule has 7 heteroatoms. The summed E-state index contributed by atoms with van der Waals surface area (Å²) in [5.41, 5.74) is 1.89. The number of benzene rings is 1. The summed E-state index contributed by atoms with van der Waals surface area (Å²) in [5, 5.41) is 5.85. The lowest BCUT2D eigenvalue weighted by Crippen LogP contribution is -2.54. The van der Waals surface area contributed by atoms with Crippen LogP contribution in [0.2, 0.25) is 0 Å². The van der Waals surface area contributed by atoms with E-state index < -0.39 is 6.04 Å². The van der Waals surface area contributed by atoms with Crippen molar-refractivity contribution >= 4 is 28.9 Å². The lowest BCUT2D eigenvalue weighted by atomic mass is 10.0. The summed E-state index contributed by atoms with van der Waals surface area (Å²) in [6, 6.07) is 7.07. The number of nitrogens with one attached hydrogen (secondary N) is 2. The van der Waals surface area contributed by atoms with Gasteiger partial charge < -0.3 is 15.2 Å². The lowest BCUT2D eigenvalue weighted by molar-refractivity contribution is -0.124. The van der Waals surface area contributed by atoms with Crippen molar-refractivity contribution < 1.29 is 9.59 Å². The number of amides is 3. The summed E-state index contributed by atoms with van der Waals surface area (Å²) < 4.78 is 2.04. The van der Waals surface area contributed by atoms with E-state index in [0.29, 0.717) is 19.0 Å². The van der Waals surface area contributed by atoms with Crippen molar-refractivity contribution in [1.82, 2.24) is 20.2 Å². The quantitative estimate of drug-likeness (QED) is 0.863. The normalized spacial score (nSPS) is 15.8. The number of fused-ring (bicyclic) bond motifs is 3. The highest BCUT2D eigenvalue weighted by atomic mass is 16.2. The number of carbonyl (C=O) groups excluding carboxylic acids is 2. The third-order valence-corrected chi connectivity index (χ3v) is 4.90. The van der Waals surface area contributed by atoms with E-state index in [2.05, 4.69) is 15.6 Å². The third-order valence-electron chi connectivity index (χ3n) is 4.90. The Hall–Kier alpha value is -2.57. The Balaban J connectivity index is 1.76. The van der Waals surface area contributed by atoms with Crippen LogP contribution in [0.1, 0.15) is 34.1 Å². The third kappa shape index (κ3) is 3.38. The summed E-state index contributed by atoms with van der Waals surface area (Å²) in [5.74, 6) is 0.480. The lowest BCUT2D eigenvalue weighted by Gasteiger charge is -2.25. The topological polar surface area (TPSA) is 79.3 Å². The summed E-state index contributed by atoms with van der Waals surface area (Å²) >= 11 is 0. The predicted molar refractivity (Wildman–Crippen MR) is 102 cm³/mol. The van der Waals surface area contributed by atoms with Crippen molar-refractivity contribution in [3.63, 3.8) is 0 Å². The predicted octanol–water partition coefficient (Wildman–Crippen LogP) is 2.51. The average molecular weight is 357 g/mol. The van der Waals surface area contributed by atoms with Gasteiger partial charge in [0.2, 0.25) is 11.9 Å². The largest absolute Gasteiger partial charge is 0.352 e. The van der Waals surface area contributed by atoms with Gasteiger partial charge in [0.15, 0.2) is 0 Å². The van der Waals surface area contributed by atoms with E-state index in [0.717, 1.165) is 17.5 Å². The number of rotatable bonds is 5. The molecule has 3 rings (SSSR count). The maximum Gasteiger partial charge on any atom is 0.324 e. The Bertz CT molecular complexity index is 813. The Kier molecular flexibility index (Phi) is 5.15. The first-order chi connectivity index (χ1) is 12.4. The van der Waals surface area contributed by atoms with Crippen molar-refractivity contribution in [3.8, 4) is 0 Å². The molecule has 1 aromatic heterocycles. The van der Waals surface area contributed by atoms with Gasteiger partial charge in [0.25, 0.3) is 0 Å². The highest BCUT2D eigenvalue weighted by Crippen LogP contribution is 2.27. The van der Waals surface area contributed by atoms with Gasteiger partial charge in [-0.3, -0.25) is 9.69 Å². The van der Waals surface area contributed by atoms with Gasteiger partial charge in [-0.15, -0.1) is 0 Å². The Labute approximate surface area is 153 Å². The summed E-state index contributed by atoms with van der Waals surface area (Å²) in [7, 11) is 0. The minimum absolute atomic E-state index is 0.00979. The van der Waals surface area contributed by atoms with E-state index in [-0.39, 0.29) is 23.9 Å². The van der Waals surface area contributed by atoms with Gasteiger partial charge in [-0.1, -0.05) is 32.9 Å². The minimum atomic E-state index is -0.574. The minimum Gasteiger partial charge on any atom is -0.352 e. The standard InChI is InChI=1S/C19H27N5O2/c1-5-13(4)20-17(25)16(12(2)3)22-19(26)24-11-10-23-15-9-7-6-8-14(15)21-18(23)24/h6-9,12-13,16H,5,10-11H2,1-4H3,(H,20,25)(H,22,26)/t13-,16+/m1/s1. The van der Waals surface area contributed by atoms with Crippen LogP contribution in [0.15, 0.2) is 24.3 Å². The van der Waals surface area contributed by atoms with Crippen LogP contribution in [-0.4, -0.2) is 40.1 Å². The number of nitrogens with zero attached hydrogens (tertiary/aromatic N) is 3. The summed E-state index contributed by atoms with van der Waals surface area (Å²) in [6.45, 7) is 9.09. The monoisotopic (exact) mass is 357 g/mol. The summed E-state index contributed by atoms with van der Waals surface area (Å²) in [6.07, 6.45) is 0.848. The fourth-order valence-corrected chi connectivity index (χ4v) is 3.16. The number of hydrogen-bond donors (Lipinski definition) is 2. The van der Waals surface area contributed by atoms with Crippen LogP contribution in [0.5, 0.6) is 0 Å². The number of anilines is 1. The zero-order valence-corrected chi connectivity index (χ0v) is 15.8. The van der Waals surface area contributed by atoms with Gasteiger partial charge in [0.1, 0.15) is 6.04 Å². The fraction of sp³-hybridized carbons (Fsp3) is 0.526. The molecule has 140 valence electrons. The number of hydrogen-bond acceptors (Lipinski definition) is 3. The van der Waals surface area contributed by atoms with E-state index in [9.17, 15) is 9.59 Å². The first kappa shape index (κ1) is 18.2. The molecule has 2 heterocycles. The SMILES string of the molecule is CC[C@@H](C)NC(=O)[C@@H](NC(=O)N1CCn2c1nc1ccccc12)C(C)C. The molecule has 26 heavy (non-hydrogen) atoms. The van der Waals surface area contributed by atoms with Gasteiger partial charge in [0, 0.05) is 19.1 Å². The van der Waals surface area contributed by atoms with E-state index in [1.54, 1.807) is 4.90 Å². The molecule has 0 saturated heterocycles. The van der Waals surface area contributed by atoms with Crippen LogP contribution in [0.25, 0.3) is 11.0 Å². The number of para-hydroxylation sites is 2. The Morgan fingerprint density at radius 2 is 1.88 bits per heavy atom. The molecule has 0 fully saturated rings. The van der Waals surface area contributed by atoms with E-state index >= 15 is 0 Å². The molecule has 0 saturated carbocycles. The van der Waals surface area contributed by atoms with Crippen LogP contribution in [0.4, 0.5) is 10.7 Å². The number of carbonyl (C=O) groups is 2. The fourth-order valence-electron chi connectivity index (χ4n) is 3.16. The first-order valence-electron chi connectivity index (χ1n) is 9.26. The van der Waals surface area contributed by atoms with E-state index in [1.165, 1.54) is 0 Å². The first-order valence-corrected chi connectivity index (χ1v) is 9.26. The van der Waals surface area contributed by atoms with Crippen LogP contribution >= 0.6 is 0 Å². The van der Waals surface area contributed by atoms with Gasteiger partial charge in [-0.05, 0) is 31.4 Å². The molecule has 0 aliphatic carbocycles. The summed E-state index contributed by atoms with van der Waals surface area (Å²) in [4.78, 5) is 31.6. The molecule has 2 atom stereocenters. The molecule has 0 unspecified atom stereocenters. The molecular formula is C19H27N5O2. The molecule has 0 bridgehead atoms. The zero-order chi connectivity index (χ0) is 18.8. The molecule has 7 nitrogen and oxygen atoms in total. The van der Waals surface area contributed by atoms with Crippen molar-refractivity contribution in [2.75, 3.05) is 11.4 Å². The number of aromatic nitrogens is 2. The van der Waals surface area contributed by atoms with Crippen LogP contribution in [0.3, 0.4) is 0 Å². The van der Waals surface area contributed by atoms with Crippen molar-refractivity contribution in [2.45, 2.75) is 52.7 Å². The average Bonchev–Trinajstić information content (AvgIpc) is 3.17. The van der Waals surface area contributed by atoms with E-state index in [4.69, 9.17) is 0 Å². The van der Waals surface area contributed by atoms with E-state index in [1.807, 2.05) is 56.5 Å². The van der Waals surface area contributed by atoms with Gasteiger partial charge in [-0.2, -0.15) is 0 Å². The maximum absolute atomic E-state index is 12.8. The maximum atomic E-state index is 12.8. The molecule has 1 aliphatic rings. The highest BCUT2D eigenvalue weighted by Gasteiger charge is 2.32. The van der Waals surface area contributed by atoms with Gasteiger partial charge in [0.05, 0.1) is 11.0 Å². The molecule has 0 radical (unpaired) electrons. The Morgan fingerprint density at radius 3 is 2.58 bits per heavy atom. The second kappa shape index (κ2) is 7.35. The zero-order valence-electron chi connectivity index (χ0n) is 15.8.